The second kappa shape index (κ2) is 16.8. The summed E-state index contributed by atoms with van der Waals surface area (Å²) in [5.74, 6) is -0.749. The summed E-state index contributed by atoms with van der Waals surface area (Å²) >= 11 is 1.69. The van der Waals surface area contributed by atoms with Crippen LogP contribution in [-0.2, 0) is 30.5 Å². The minimum Gasteiger partial charge on any atom is -0.461 e. The first-order valence-corrected chi connectivity index (χ1v) is 15.6. The normalized spacial score (nSPS) is 14.4. The number of ether oxygens (including phenoxy) is 4. The number of oxazole rings is 2. The number of carbonyl (C=O) groups excluding carboxylic acids is 4. The van der Waals surface area contributed by atoms with Gasteiger partial charge in [0.15, 0.2) is 11.5 Å². The SMILES string of the molecule is COC(=O)SCc1c(C2=CCCCC2)oc(=O)n1C(=O)OC.COC(=O)SCc1c(C2=CCCCC2)oc(=O)n1C(=O)OC. The average molecular weight is 655 g/mol. The molecule has 0 atom stereocenters. The maximum absolute atomic E-state index is 12.0. The van der Waals surface area contributed by atoms with Crippen LogP contribution in [0.25, 0.3) is 11.1 Å². The number of hydrogen-bond acceptors (Lipinski definition) is 14. The molecular formula is C28H34N2O12S2. The minimum absolute atomic E-state index is 0.0835. The van der Waals surface area contributed by atoms with Crippen molar-refractivity contribution in [2.45, 2.75) is 62.9 Å². The third-order valence-electron chi connectivity index (χ3n) is 6.67. The number of thioether (sulfide) groups is 2. The summed E-state index contributed by atoms with van der Waals surface area (Å²) in [5, 5.41) is -1.01. The van der Waals surface area contributed by atoms with Crippen LogP contribution in [0.15, 0.2) is 30.6 Å². The van der Waals surface area contributed by atoms with E-state index in [2.05, 4.69) is 18.9 Å². The van der Waals surface area contributed by atoms with Gasteiger partial charge in [-0.25, -0.2) is 28.8 Å². The van der Waals surface area contributed by atoms with E-state index in [9.17, 15) is 28.8 Å². The molecule has 16 heteroatoms. The molecule has 2 aliphatic rings. The molecule has 14 nitrogen and oxygen atoms in total. The maximum Gasteiger partial charge on any atom is 0.429 e. The predicted octanol–water partition coefficient (Wildman–Crippen LogP) is 6.03. The van der Waals surface area contributed by atoms with Crippen molar-refractivity contribution < 1.29 is 47.0 Å². The van der Waals surface area contributed by atoms with Crippen molar-refractivity contribution in [2.75, 3.05) is 28.4 Å². The molecular weight excluding hydrogens is 620 g/mol. The molecule has 0 radical (unpaired) electrons. The summed E-state index contributed by atoms with van der Waals surface area (Å²) in [6.07, 6.45) is 9.78. The lowest BCUT2D eigenvalue weighted by Crippen LogP contribution is -2.25. The summed E-state index contributed by atoms with van der Waals surface area (Å²) in [4.78, 5) is 70.2. The average Bonchev–Trinajstić information content (AvgIpc) is 3.58. The van der Waals surface area contributed by atoms with E-state index >= 15 is 0 Å². The molecule has 0 saturated heterocycles. The van der Waals surface area contributed by atoms with E-state index in [1.807, 2.05) is 12.2 Å². The summed E-state index contributed by atoms with van der Waals surface area (Å²) in [7, 11) is 4.89. The Hall–Kier alpha value is -3.92. The van der Waals surface area contributed by atoms with Crippen molar-refractivity contribution in [2.24, 2.45) is 0 Å². The number of carbonyl (C=O) groups is 4. The first-order chi connectivity index (χ1) is 21.2. The molecule has 0 unspecified atom stereocenters. The van der Waals surface area contributed by atoms with E-state index in [0.717, 1.165) is 95.2 Å². The van der Waals surface area contributed by atoms with Crippen molar-refractivity contribution in [3.8, 4) is 0 Å². The van der Waals surface area contributed by atoms with Crippen LogP contribution in [0, 0.1) is 0 Å². The van der Waals surface area contributed by atoms with Gasteiger partial charge < -0.3 is 27.8 Å². The van der Waals surface area contributed by atoms with Crippen LogP contribution in [0.3, 0.4) is 0 Å². The van der Waals surface area contributed by atoms with Crippen molar-refractivity contribution in [3.05, 3.63) is 56.2 Å². The standard InChI is InChI=1S/2C14H17NO6S/c2*1-19-12(16)15-10(8-22-14(18)20-2)11(21-13(15)17)9-6-4-3-5-7-9/h2*6H,3-5,7-8H2,1-2H3. The Kier molecular flexibility index (Phi) is 13.2. The Bertz CT molecular complexity index is 1430. The predicted molar refractivity (Wildman–Crippen MR) is 162 cm³/mol. The molecule has 0 fully saturated rings. The van der Waals surface area contributed by atoms with Crippen molar-refractivity contribution in [3.63, 3.8) is 0 Å². The van der Waals surface area contributed by atoms with Gasteiger partial charge in [-0.15, -0.1) is 0 Å². The van der Waals surface area contributed by atoms with Crippen LogP contribution < -0.4 is 11.5 Å². The maximum atomic E-state index is 12.0. The van der Waals surface area contributed by atoms with E-state index in [4.69, 9.17) is 8.83 Å². The largest absolute Gasteiger partial charge is 0.461 e. The van der Waals surface area contributed by atoms with E-state index in [1.165, 1.54) is 28.4 Å². The molecule has 0 amide bonds. The van der Waals surface area contributed by atoms with Gasteiger partial charge in [0.1, 0.15) is 0 Å². The number of hydrogen-bond donors (Lipinski definition) is 0. The molecule has 2 heterocycles. The summed E-state index contributed by atoms with van der Waals surface area (Å²) in [6, 6.07) is 0. The van der Waals surface area contributed by atoms with Crippen LogP contribution in [-0.4, -0.2) is 60.4 Å². The van der Waals surface area contributed by atoms with E-state index < -0.39 is 34.3 Å². The lowest BCUT2D eigenvalue weighted by Gasteiger charge is -2.12. The monoisotopic (exact) mass is 654 g/mol. The van der Waals surface area contributed by atoms with Crippen molar-refractivity contribution >= 4 is 57.5 Å². The van der Waals surface area contributed by atoms with E-state index in [0.29, 0.717) is 22.9 Å². The highest BCUT2D eigenvalue weighted by Crippen LogP contribution is 2.32. The van der Waals surface area contributed by atoms with Crippen LogP contribution in [0.1, 0.15) is 74.3 Å². The molecule has 0 N–H and O–H groups in total. The fraction of sp³-hybridized carbons (Fsp3) is 0.500. The zero-order valence-corrected chi connectivity index (χ0v) is 26.5. The number of allylic oxidation sites excluding steroid dienone is 4. The molecule has 0 aromatic carbocycles. The highest BCUT2D eigenvalue weighted by atomic mass is 32.2. The fourth-order valence-electron chi connectivity index (χ4n) is 4.58. The third-order valence-corrected chi connectivity index (χ3v) is 8.31. The van der Waals surface area contributed by atoms with Gasteiger partial charge >= 0.3 is 34.3 Å². The van der Waals surface area contributed by atoms with Gasteiger partial charge in [-0.3, -0.25) is 0 Å². The molecule has 2 aliphatic carbocycles. The van der Waals surface area contributed by atoms with Gasteiger partial charge in [-0.05, 0) is 86.0 Å². The molecule has 4 rings (SSSR count). The lowest BCUT2D eigenvalue weighted by molar-refractivity contribution is 0.169. The first-order valence-electron chi connectivity index (χ1n) is 13.6. The van der Waals surface area contributed by atoms with Gasteiger partial charge in [-0.2, -0.15) is 9.13 Å². The number of aromatic nitrogens is 2. The first kappa shape index (κ1) is 34.6. The van der Waals surface area contributed by atoms with Gasteiger partial charge in [0.2, 0.25) is 0 Å². The second-order valence-electron chi connectivity index (χ2n) is 9.33. The molecule has 0 saturated carbocycles. The molecule has 2 aromatic heterocycles. The lowest BCUT2D eigenvalue weighted by atomic mass is 9.97. The van der Waals surface area contributed by atoms with Crippen molar-refractivity contribution in [1.29, 1.82) is 0 Å². The number of methoxy groups -OCH3 is 4. The smallest absolute Gasteiger partial charge is 0.429 e. The zero-order valence-electron chi connectivity index (χ0n) is 24.8. The zero-order chi connectivity index (χ0) is 32.2. The fourth-order valence-corrected chi connectivity index (χ4v) is 5.85. The van der Waals surface area contributed by atoms with Gasteiger partial charge in [0.25, 0.3) is 0 Å². The molecule has 2 aromatic rings. The summed E-state index contributed by atoms with van der Waals surface area (Å²) in [5.41, 5.74) is 2.40. The third kappa shape index (κ3) is 8.59. The molecule has 44 heavy (non-hydrogen) atoms. The summed E-state index contributed by atoms with van der Waals surface area (Å²) < 4.78 is 30.5. The quantitative estimate of drug-likeness (QED) is 0.261. The number of rotatable bonds is 6. The van der Waals surface area contributed by atoms with Crippen LogP contribution >= 0.6 is 23.5 Å². The highest BCUT2D eigenvalue weighted by Gasteiger charge is 2.27. The highest BCUT2D eigenvalue weighted by molar-refractivity contribution is 8.12. The van der Waals surface area contributed by atoms with Crippen LogP contribution in [0.5, 0.6) is 0 Å². The Morgan fingerprint density at radius 3 is 1.34 bits per heavy atom. The van der Waals surface area contributed by atoms with E-state index in [-0.39, 0.29) is 11.5 Å². The summed E-state index contributed by atoms with van der Waals surface area (Å²) in [6.45, 7) is 0. The molecule has 0 aliphatic heterocycles. The van der Waals surface area contributed by atoms with E-state index in [1.54, 1.807) is 0 Å². The Morgan fingerprint density at radius 2 is 1.05 bits per heavy atom. The topological polar surface area (TPSA) is 175 Å². The van der Waals surface area contributed by atoms with Gasteiger partial charge in [0, 0.05) is 11.5 Å². The minimum atomic E-state index is -0.836. The van der Waals surface area contributed by atoms with Crippen molar-refractivity contribution in [1.82, 2.24) is 9.13 Å². The van der Waals surface area contributed by atoms with Gasteiger partial charge in [0.05, 0.1) is 39.8 Å². The number of nitrogens with zero attached hydrogens (tertiary/aromatic N) is 2. The van der Waals surface area contributed by atoms with Crippen LogP contribution in [0.4, 0.5) is 19.2 Å². The Balaban J connectivity index is 0.000000240. The van der Waals surface area contributed by atoms with Crippen LogP contribution in [0.2, 0.25) is 0 Å². The Morgan fingerprint density at radius 1 is 0.659 bits per heavy atom. The second-order valence-corrected chi connectivity index (χ2v) is 11.2. The van der Waals surface area contributed by atoms with Gasteiger partial charge in [-0.1, -0.05) is 12.2 Å². The Labute approximate surface area is 260 Å². The molecule has 0 bridgehead atoms. The molecule has 0 spiro atoms. The molecule has 240 valence electrons.